The summed E-state index contributed by atoms with van der Waals surface area (Å²) in [4.78, 5) is 31.9. The SMILES string of the molecule is CN1C(=O)N(c2c(F)cc(C#Cc3ccccc3)cc2F)C(=O)C[C@@]1(C)c1nccs1. The molecule has 31 heavy (non-hydrogen) atoms. The molecule has 0 aliphatic carbocycles. The second-order valence-electron chi connectivity index (χ2n) is 7.26. The first-order valence-electron chi connectivity index (χ1n) is 9.38. The van der Waals surface area contributed by atoms with Gasteiger partial charge in [-0.15, -0.1) is 11.3 Å². The zero-order valence-corrected chi connectivity index (χ0v) is 17.5. The van der Waals surface area contributed by atoms with Crippen LogP contribution in [0.1, 0.15) is 29.5 Å². The van der Waals surface area contributed by atoms with Crippen LogP contribution in [0.15, 0.2) is 54.0 Å². The highest BCUT2D eigenvalue weighted by Gasteiger charge is 2.49. The summed E-state index contributed by atoms with van der Waals surface area (Å²) in [5.41, 5.74) is -0.905. The largest absolute Gasteiger partial charge is 0.332 e. The van der Waals surface area contributed by atoms with Crippen molar-refractivity contribution in [1.82, 2.24) is 9.88 Å². The van der Waals surface area contributed by atoms with E-state index in [1.54, 1.807) is 42.8 Å². The molecule has 0 unspecified atom stereocenters. The van der Waals surface area contributed by atoms with Crippen LogP contribution in [-0.4, -0.2) is 28.9 Å². The number of urea groups is 1. The quantitative estimate of drug-likeness (QED) is 0.554. The number of carbonyl (C=O) groups excluding carboxylic acids is 2. The van der Waals surface area contributed by atoms with Gasteiger partial charge in [-0.25, -0.2) is 23.5 Å². The van der Waals surface area contributed by atoms with E-state index in [-0.39, 0.29) is 12.0 Å². The second-order valence-corrected chi connectivity index (χ2v) is 8.16. The van der Waals surface area contributed by atoms with E-state index in [1.165, 1.54) is 23.3 Å². The summed E-state index contributed by atoms with van der Waals surface area (Å²) in [6.45, 7) is 1.70. The zero-order chi connectivity index (χ0) is 22.2. The van der Waals surface area contributed by atoms with Gasteiger partial charge in [0, 0.05) is 29.8 Å². The molecule has 3 aromatic rings. The van der Waals surface area contributed by atoms with Gasteiger partial charge in [0.05, 0.1) is 6.42 Å². The number of hydrogen-bond donors (Lipinski definition) is 0. The number of nitrogens with zero attached hydrogens (tertiary/aromatic N) is 3. The summed E-state index contributed by atoms with van der Waals surface area (Å²) >= 11 is 1.31. The van der Waals surface area contributed by atoms with E-state index >= 15 is 0 Å². The number of carbonyl (C=O) groups is 2. The highest BCUT2D eigenvalue weighted by atomic mass is 32.1. The van der Waals surface area contributed by atoms with Crippen molar-refractivity contribution >= 4 is 29.0 Å². The van der Waals surface area contributed by atoms with Crippen LogP contribution in [0.4, 0.5) is 19.3 Å². The highest BCUT2D eigenvalue weighted by Crippen LogP contribution is 2.39. The fraction of sp³-hybridized carbons (Fsp3) is 0.174. The lowest BCUT2D eigenvalue weighted by Gasteiger charge is -2.44. The fourth-order valence-electron chi connectivity index (χ4n) is 3.41. The summed E-state index contributed by atoms with van der Waals surface area (Å²) < 4.78 is 29.8. The first-order chi connectivity index (χ1) is 14.8. The number of amides is 3. The highest BCUT2D eigenvalue weighted by molar-refractivity contribution is 7.09. The molecule has 0 saturated carbocycles. The van der Waals surface area contributed by atoms with Gasteiger partial charge >= 0.3 is 6.03 Å². The Bertz CT molecular complexity index is 1200. The first-order valence-corrected chi connectivity index (χ1v) is 10.3. The van der Waals surface area contributed by atoms with Crippen LogP contribution in [0.5, 0.6) is 0 Å². The molecule has 3 amide bonds. The maximum absolute atomic E-state index is 14.9. The molecule has 1 aliphatic heterocycles. The van der Waals surface area contributed by atoms with Crippen LogP contribution in [0.3, 0.4) is 0 Å². The van der Waals surface area contributed by atoms with E-state index in [2.05, 4.69) is 16.8 Å². The average Bonchev–Trinajstić information content (AvgIpc) is 3.29. The van der Waals surface area contributed by atoms with Gasteiger partial charge in [-0.1, -0.05) is 30.0 Å². The van der Waals surface area contributed by atoms with Crippen molar-refractivity contribution in [3.8, 4) is 11.8 Å². The Morgan fingerprint density at radius 3 is 2.32 bits per heavy atom. The van der Waals surface area contributed by atoms with Crippen molar-refractivity contribution in [2.24, 2.45) is 0 Å². The van der Waals surface area contributed by atoms with E-state index in [1.807, 2.05) is 6.07 Å². The second kappa shape index (κ2) is 7.93. The molecule has 1 fully saturated rings. The van der Waals surface area contributed by atoms with E-state index in [0.717, 1.165) is 12.1 Å². The zero-order valence-electron chi connectivity index (χ0n) is 16.7. The predicted octanol–water partition coefficient (Wildman–Crippen LogP) is 4.53. The molecule has 1 atom stereocenters. The molecule has 1 aliphatic rings. The molecule has 4 rings (SSSR count). The first kappa shape index (κ1) is 20.7. The van der Waals surface area contributed by atoms with Crippen molar-refractivity contribution in [1.29, 1.82) is 0 Å². The van der Waals surface area contributed by atoms with E-state index in [4.69, 9.17) is 0 Å². The van der Waals surface area contributed by atoms with Crippen LogP contribution in [-0.2, 0) is 10.3 Å². The summed E-state index contributed by atoms with van der Waals surface area (Å²) in [7, 11) is 1.48. The summed E-state index contributed by atoms with van der Waals surface area (Å²) in [6, 6.07) is 10.2. The molecule has 8 heteroatoms. The minimum Gasteiger partial charge on any atom is -0.315 e. The number of rotatable bonds is 2. The van der Waals surface area contributed by atoms with E-state index < -0.39 is 34.8 Å². The Morgan fingerprint density at radius 2 is 1.71 bits per heavy atom. The molecule has 5 nitrogen and oxygen atoms in total. The Balaban J connectivity index is 1.68. The number of anilines is 1. The van der Waals surface area contributed by atoms with E-state index in [0.29, 0.717) is 15.5 Å². The number of thiazole rings is 1. The summed E-state index contributed by atoms with van der Waals surface area (Å²) in [5, 5.41) is 2.31. The Kier molecular flexibility index (Phi) is 5.29. The van der Waals surface area contributed by atoms with Crippen LogP contribution in [0.2, 0.25) is 0 Å². The van der Waals surface area contributed by atoms with Crippen molar-refractivity contribution < 1.29 is 18.4 Å². The minimum atomic E-state index is -1.04. The molecule has 0 radical (unpaired) electrons. The smallest absolute Gasteiger partial charge is 0.315 e. The topological polar surface area (TPSA) is 53.5 Å². The van der Waals surface area contributed by atoms with Crippen LogP contribution in [0, 0.1) is 23.5 Å². The number of halogens is 2. The normalized spacial score (nSPS) is 18.7. The van der Waals surface area contributed by atoms with Gasteiger partial charge in [0.1, 0.15) is 16.2 Å². The Hall–Kier alpha value is -3.57. The molecule has 0 N–H and O–H groups in total. The average molecular weight is 437 g/mol. The number of imide groups is 1. The third-order valence-electron chi connectivity index (χ3n) is 5.22. The van der Waals surface area contributed by atoms with Crippen molar-refractivity contribution in [2.45, 2.75) is 18.9 Å². The Labute approximate surface area is 181 Å². The van der Waals surface area contributed by atoms with Crippen molar-refractivity contribution in [2.75, 3.05) is 11.9 Å². The molecule has 2 aromatic carbocycles. The van der Waals surface area contributed by atoms with Crippen molar-refractivity contribution in [3.05, 3.63) is 81.8 Å². The number of aromatic nitrogens is 1. The van der Waals surface area contributed by atoms with Crippen LogP contribution < -0.4 is 4.90 Å². The Morgan fingerprint density at radius 1 is 1.06 bits per heavy atom. The van der Waals surface area contributed by atoms with Gasteiger partial charge in [-0.2, -0.15) is 0 Å². The van der Waals surface area contributed by atoms with Crippen molar-refractivity contribution in [3.63, 3.8) is 0 Å². The van der Waals surface area contributed by atoms with Gasteiger partial charge in [0.15, 0.2) is 11.6 Å². The number of hydrogen-bond acceptors (Lipinski definition) is 4. The molecule has 156 valence electrons. The van der Waals surface area contributed by atoms with Gasteiger partial charge in [-0.3, -0.25) is 4.79 Å². The standard InChI is InChI=1S/C23H17F2N3O2S/c1-23(21-26-10-11-31-21)14-19(29)28(22(30)27(23)2)20-17(24)12-16(13-18(20)25)9-8-15-6-4-3-5-7-15/h3-7,10-13H,14H2,1-2H3/t23-/m0/s1. The molecule has 2 heterocycles. The predicted molar refractivity (Wildman–Crippen MR) is 114 cm³/mol. The maximum Gasteiger partial charge on any atom is 0.332 e. The fourth-order valence-corrected chi connectivity index (χ4v) is 4.24. The van der Waals surface area contributed by atoms with Gasteiger partial charge in [0.2, 0.25) is 5.91 Å². The van der Waals surface area contributed by atoms with Gasteiger partial charge in [-0.05, 0) is 31.2 Å². The molecular formula is C23H17F2N3O2S. The third-order valence-corrected chi connectivity index (χ3v) is 6.25. The third kappa shape index (κ3) is 3.68. The molecular weight excluding hydrogens is 420 g/mol. The minimum absolute atomic E-state index is 0.0977. The maximum atomic E-state index is 14.9. The van der Waals surface area contributed by atoms with Crippen LogP contribution in [0.25, 0.3) is 0 Å². The molecule has 1 saturated heterocycles. The summed E-state index contributed by atoms with van der Waals surface area (Å²) in [5.74, 6) is 2.74. The van der Waals surface area contributed by atoms with E-state index in [9.17, 15) is 18.4 Å². The monoisotopic (exact) mass is 437 g/mol. The lowest BCUT2D eigenvalue weighted by Crippen LogP contribution is -2.60. The van der Waals surface area contributed by atoms with Gasteiger partial charge in [0.25, 0.3) is 0 Å². The van der Waals surface area contributed by atoms with Gasteiger partial charge < -0.3 is 4.90 Å². The molecule has 0 spiro atoms. The van der Waals surface area contributed by atoms with Crippen LogP contribution >= 0.6 is 11.3 Å². The lowest BCUT2D eigenvalue weighted by atomic mass is 9.93. The summed E-state index contributed by atoms with van der Waals surface area (Å²) in [6.07, 6.45) is 1.42. The number of benzene rings is 2. The molecule has 0 bridgehead atoms. The lowest BCUT2D eigenvalue weighted by molar-refractivity contribution is -0.122. The molecule has 1 aromatic heterocycles.